The highest BCUT2D eigenvalue weighted by molar-refractivity contribution is 9.10. The number of esters is 1. The van der Waals surface area contributed by atoms with E-state index in [9.17, 15) is 4.79 Å². The van der Waals surface area contributed by atoms with Crippen molar-refractivity contribution in [2.24, 2.45) is 0 Å². The lowest BCUT2D eigenvalue weighted by atomic mass is 10.1. The average molecular weight is 350 g/mol. The van der Waals surface area contributed by atoms with Gasteiger partial charge in [0.05, 0.1) is 13.3 Å². The average Bonchev–Trinajstić information content (AvgIpc) is 2.98. The second kappa shape index (κ2) is 7.17. The predicted molar refractivity (Wildman–Crippen MR) is 84.0 cm³/mol. The molecule has 110 valence electrons. The third kappa shape index (κ3) is 4.01. The Hall–Kier alpha value is -1.95. The number of rotatable bonds is 1. The number of halogens is 1. The number of carbonyl (C=O) groups excluding carboxylic acids is 1. The van der Waals surface area contributed by atoms with Gasteiger partial charge in [-0.15, -0.1) is 0 Å². The second-order valence-corrected chi connectivity index (χ2v) is 5.30. The Labute approximate surface area is 131 Å². The number of aryl methyl sites for hydroxylation is 2. The molecule has 0 radical (unpaired) electrons. The van der Waals surface area contributed by atoms with E-state index in [-0.39, 0.29) is 11.5 Å². The van der Waals surface area contributed by atoms with Crippen LogP contribution in [0.25, 0.3) is 0 Å². The molecule has 0 spiro atoms. The van der Waals surface area contributed by atoms with Gasteiger partial charge in [0.2, 0.25) is 0 Å². The van der Waals surface area contributed by atoms with Gasteiger partial charge in [-0.25, -0.2) is 14.8 Å². The molecule has 1 heterocycles. The van der Waals surface area contributed by atoms with Crippen molar-refractivity contribution in [2.75, 3.05) is 12.8 Å². The molecule has 0 amide bonds. The Morgan fingerprint density at radius 1 is 1.29 bits per heavy atom. The van der Waals surface area contributed by atoms with Gasteiger partial charge in [-0.2, -0.15) is 0 Å². The second-order valence-electron chi connectivity index (χ2n) is 4.55. The van der Waals surface area contributed by atoms with Crippen molar-refractivity contribution in [3.8, 4) is 0 Å². The van der Waals surface area contributed by atoms with Crippen molar-refractivity contribution < 1.29 is 9.53 Å². The van der Waals surface area contributed by atoms with Gasteiger partial charge in [0.25, 0.3) is 0 Å². The standard InChI is InChI=1S/C9H10.C6H6BrN3O2/c1-2-5-9-7-3-6-8(9)4-1;1-12-6(11)4-5(7)9-2-3(8)10-4/h1-2,4-5H,3,6-7H2;2H,1H3,(H2,8,10). The Bertz CT molecular complexity index is 624. The molecule has 0 aliphatic heterocycles. The normalized spacial score (nSPS) is 12.1. The van der Waals surface area contributed by atoms with Gasteiger partial charge in [-0.3, -0.25) is 0 Å². The number of fused-ring (bicyclic) bond motifs is 1. The zero-order valence-electron chi connectivity index (χ0n) is 11.7. The Kier molecular flexibility index (Phi) is 5.27. The first-order valence-corrected chi connectivity index (χ1v) is 7.34. The molecule has 0 saturated carbocycles. The zero-order chi connectivity index (χ0) is 15.2. The minimum atomic E-state index is -0.568. The van der Waals surface area contributed by atoms with Crippen LogP contribution in [0.4, 0.5) is 5.82 Å². The van der Waals surface area contributed by atoms with Crippen LogP contribution in [0.3, 0.4) is 0 Å². The summed E-state index contributed by atoms with van der Waals surface area (Å²) in [5.41, 5.74) is 8.53. The maximum Gasteiger partial charge on any atom is 0.359 e. The van der Waals surface area contributed by atoms with Gasteiger partial charge in [0.15, 0.2) is 5.69 Å². The third-order valence-electron chi connectivity index (χ3n) is 3.14. The molecule has 1 aliphatic rings. The molecule has 2 aromatic rings. The number of ether oxygens (including phenoxy) is 1. The van der Waals surface area contributed by atoms with Crippen molar-refractivity contribution in [1.82, 2.24) is 9.97 Å². The van der Waals surface area contributed by atoms with Crippen LogP contribution < -0.4 is 5.73 Å². The SMILES string of the molecule is COC(=O)c1nc(N)cnc1Br.c1ccc2c(c1)CCC2. The molecule has 0 atom stereocenters. The van der Waals surface area contributed by atoms with Crippen LogP contribution in [0.1, 0.15) is 28.0 Å². The summed E-state index contributed by atoms with van der Waals surface area (Å²) in [6, 6.07) is 8.74. The summed E-state index contributed by atoms with van der Waals surface area (Å²) in [6.45, 7) is 0. The number of carbonyl (C=O) groups is 1. The summed E-state index contributed by atoms with van der Waals surface area (Å²) in [4.78, 5) is 18.5. The molecular weight excluding hydrogens is 334 g/mol. The minimum Gasteiger partial charge on any atom is -0.464 e. The quantitative estimate of drug-likeness (QED) is 0.801. The molecule has 3 rings (SSSR count). The van der Waals surface area contributed by atoms with Crippen molar-refractivity contribution >= 4 is 27.7 Å². The number of hydrogen-bond donors (Lipinski definition) is 1. The van der Waals surface area contributed by atoms with E-state index in [0.717, 1.165) is 0 Å². The third-order valence-corrected chi connectivity index (χ3v) is 3.72. The molecule has 0 unspecified atom stereocenters. The van der Waals surface area contributed by atoms with E-state index in [4.69, 9.17) is 5.73 Å². The Balaban J connectivity index is 0.000000159. The summed E-state index contributed by atoms with van der Waals surface area (Å²) in [5, 5.41) is 0. The summed E-state index contributed by atoms with van der Waals surface area (Å²) in [5.74, 6) is -0.389. The number of methoxy groups -OCH3 is 1. The van der Waals surface area contributed by atoms with Crippen LogP contribution in [0.5, 0.6) is 0 Å². The number of nitrogens with two attached hydrogens (primary N) is 1. The molecule has 0 bridgehead atoms. The number of benzene rings is 1. The fraction of sp³-hybridized carbons (Fsp3) is 0.267. The van der Waals surface area contributed by atoms with Crippen molar-refractivity contribution in [3.05, 3.63) is 51.9 Å². The largest absolute Gasteiger partial charge is 0.464 e. The molecule has 1 aromatic carbocycles. The fourth-order valence-corrected chi connectivity index (χ4v) is 2.48. The van der Waals surface area contributed by atoms with Crippen LogP contribution in [-0.2, 0) is 17.6 Å². The highest BCUT2D eigenvalue weighted by Crippen LogP contribution is 2.20. The van der Waals surface area contributed by atoms with E-state index >= 15 is 0 Å². The van der Waals surface area contributed by atoms with Gasteiger partial charge < -0.3 is 10.5 Å². The summed E-state index contributed by atoms with van der Waals surface area (Å²) in [6.07, 6.45) is 5.31. The first-order valence-electron chi connectivity index (χ1n) is 6.55. The highest BCUT2D eigenvalue weighted by atomic mass is 79.9. The lowest BCUT2D eigenvalue weighted by Gasteiger charge is -2.00. The monoisotopic (exact) mass is 349 g/mol. The topological polar surface area (TPSA) is 78.1 Å². The molecule has 1 aromatic heterocycles. The highest BCUT2D eigenvalue weighted by Gasteiger charge is 2.13. The molecule has 6 heteroatoms. The maximum atomic E-state index is 11.0. The molecule has 21 heavy (non-hydrogen) atoms. The first kappa shape index (κ1) is 15.4. The number of nitrogens with zero attached hydrogens (tertiary/aromatic N) is 2. The first-order chi connectivity index (χ1) is 10.1. The molecule has 2 N–H and O–H groups in total. The molecule has 5 nitrogen and oxygen atoms in total. The predicted octanol–water partition coefficient (Wildman–Crippen LogP) is 2.78. The lowest BCUT2D eigenvalue weighted by Crippen LogP contribution is -2.08. The van der Waals surface area contributed by atoms with Gasteiger partial charge in [0.1, 0.15) is 10.4 Å². The van der Waals surface area contributed by atoms with Crippen LogP contribution in [0.15, 0.2) is 35.1 Å². The van der Waals surface area contributed by atoms with E-state index < -0.39 is 5.97 Å². The lowest BCUT2D eigenvalue weighted by molar-refractivity contribution is 0.0592. The van der Waals surface area contributed by atoms with Crippen molar-refractivity contribution in [2.45, 2.75) is 19.3 Å². The molecule has 0 fully saturated rings. The van der Waals surface area contributed by atoms with Gasteiger partial charge in [0, 0.05) is 0 Å². The summed E-state index contributed by atoms with van der Waals surface area (Å²) < 4.78 is 4.77. The van der Waals surface area contributed by atoms with E-state index in [1.54, 1.807) is 11.1 Å². The van der Waals surface area contributed by atoms with Gasteiger partial charge in [-0.1, -0.05) is 24.3 Å². The van der Waals surface area contributed by atoms with Crippen LogP contribution >= 0.6 is 15.9 Å². The molecular formula is C15H16BrN3O2. The maximum absolute atomic E-state index is 11.0. The van der Waals surface area contributed by atoms with Crippen LogP contribution in [0, 0.1) is 0 Å². The van der Waals surface area contributed by atoms with Crippen molar-refractivity contribution in [3.63, 3.8) is 0 Å². The van der Waals surface area contributed by atoms with E-state index in [0.29, 0.717) is 4.60 Å². The number of aromatic nitrogens is 2. The number of hydrogen-bond acceptors (Lipinski definition) is 5. The van der Waals surface area contributed by atoms with E-state index in [1.165, 1.54) is 32.6 Å². The number of nitrogen functional groups attached to an aromatic ring is 1. The molecule has 0 saturated heterocycles. The van der Waals surface area contributed by atoms with E-state index in [2.05, 4.69) is 54.9 Å². The van der Waals surface area contributed by atoms with Crippen LogP contribution in [0.2, 0.25) is 0 Å². The fourth-order valence-electron chi connectivity index (χ4n) is 2.13. The molecule has 1 aliphatic carbocycles. The summed E-state index contributed by atoms with van der Waals surface area (Å²) in [7, 11) is 1.26. The zero-order valence-corrected chi connectivity index (χ0v) is 13.3. The summed E-state index contributed by atoms with van der Waals surface area (Å²) >= 11 is 3.04. The minimum absolute atomic E-state index is 0.0810. The van der Waals surface area contributed by atoms with Crippen LogP contribution in [-0.4, -0.2) is 23.0 Å². The van der Waals surface area contributed by atoms with Gasteiger partial charge in [-0.05, 0) is 46.3 Å². The Morgan fingerprint density at radius 2 is 1.90 bits per heavy atom. The van der Waals surface area contributed by atoms with E-state index in [1.807, 2.05) is 0 Å². The van der Waals surface area contributed by atoms with Crippen molar-refractivity contribution in [1.29, 1.82) is 0 Å². The van der Waals surface area contributed by atoms with Gasteiger partial charge >= 0.3 is 5.97 Å². The smallest absolute Gasteiger partial charge is 0.359 e. The number of anilines is 1. The Morgan fingerprint density at radius 3 is 2.48 bits per heavy atom.